The Balaban J connectivity index is 1.56. The number of H-pyrrole nitrogens is 1. The van der Waals surface area contributed by atoms with Crippen molar-refractivity contribution in [1.82, 2.24) is 9.97 Å². The van der Waals surface area contributed by atoms with E-state index in [0.29, 0.717) is 18.0 Å². The minimum absolute atomic E-state index is 0.0356. The lowest BCUT2D eigenvalue weighted by atomic mass is 10.0. The molecule has 1 amide bonds. The second-order valence-corrected chi connectivity index (χ2v) is 7.34. The molecule has 0 aliphatic heterocycles. The normalized spacial score (nSPS) is 13.7. The summed E-state index contributed by atoms with van der Waals surface area (Å²) in [5, 5.41) is 3.91. The first-order valence-electron chi connectivity index (χ1n) is 8.99. The van der Waals surface area contributed by atoms with Gasteiger partial charge in [-0.3, -0.25) is 9.18 Å². The van der Waals surface area contributed by atoms with Crippen molar-refractivity contribution >= 4 is 34.8 Å². The molecule has 2 aromatic heterocycles. The summed E-state index contributed by atoms with van der Waals surface area (Å²) in [6, 6.07) is 11.6. The molecule has 5 nitrogen and oxygen atoms in total. The number of nitrogens with one attached hydrogen (secondary N) is 2. The molecule has 4 rings (SSSR count). The van der Waals surface area contributed by atoms with Crippen molar-refractivity contribution in [2.24, 2.45) is 5.92 Å². The number of halogens is 1. The van der Waals surface area contributed by atoms with Crippen LogP contribution in [0.25, 0.3) is 22.2 Å². The number of hydrogen-bond acceptors (Lipinski definition) is 4. The van der Waals surface area contributed by atoms with Crippen LogP contribution in [0.3, 0.4) is 0 Å². The SMILES string of the molecule is O=C(Nc1cc(-c2ccc(OSCCCF)cc2)c2cc[nH]c2n1)C1CC1. The van der Waals surface area contributed by atoms with Crippen molar-refractivity contribution in [1.29, 1.82) is 0 Å². The number of nitrogens with zero attached hydrogens (tertiary/aromatic N) is 1. The van der Waals surface area contributed by atoms with Crippen molar-refractivity contribution in [3.05, 3.63) is 42.6 Å². The molecule has 0 unspecified atom stereocenters. The number of rotatable bonds is 8. The van der Waals surface area contributed by atoms with E-state index in [1.54, 1.807) is 0 Å². The molecule has 0 saturated heterocycles. The Morgan fingerprint density at radius 3 is 2.85 bits per heavy atom. The van der Waals surface area contributed by atoms with Crippen LogP contribution in [-0.2, 0) is 4.79 Å². The largest absolute Gasteiger partial charge is 0.426 e. The first-order valence-corrected chi connectivity index (χ1v) is 9.90. The average Bonchev–Trinajstić information content (AvgIpc) is 3.43. The molecule has 2 heterocycles. The van der Waals surface area contributed by atoms with E-state index in [1.165, 1.54) is 12.0 Å². The van der Waals surface area contributed by atoms with Crippen LogP contribution in [0.2, 0.25) is 0 Å². The van der Waals surface area contributed by atoms with Crippen LogP contribution in [0.5, 0.6) is 5.75 Å². The number of anilines is 1. The van der Waals surface area contributed by atoms with Gasteiger partial charge in [-0.25, -0.2) is 4.98 Å². The van der Waals surface area contributed by atoms with Gasteiger partial charge in [0.2, 0.25) is 5.91 Å². The number of hydrogen-bond donors (Lipinski definition) is 2. The third-order valence-electron chi connectivity index (χ3n) is 4.41. The lowest BCUT2D eigenvalue weighted by Crippen LogP contribution is -2.14. The second-order valence-electron chi connectivity index (χ2n) is 6.53. The van der Waals surface area contributed by atoms with Crippen LogP contribution in [0.15, 0.2) is 42.6 Å². The maximum atomic E-state index is 12.1. The topological polar surface area (TPSA) is 67.0 Å². The zero-order valence-corrected chi connectivity index (χ0v) is 15.5. The number of carbonyl (C=O) groups is 1. The fraction of sp³-hybridized carbons (Fsp3) is 0.300. The Bertz CT molecular complexity index is 938. The van der Waals surface area contributed by atoms with Gasteiger partial charge in [-0.05, 0) is 54.7 Å². The van der Waals surface area contributed by atoms with E-state index in [1.807, 2.05) is 42.6 Å². The predicted molar refractivity (Wildman–Crippen MR) is 107 cm³/mol. The van der Waals surface area contributed by atoms with Gasteiger partial charge in [-0.1, -0.05) is 12.1 Å². The van der Waals surface area contributed by atoms with E-state index in [-0.39, 0.29) is 18.5 Å². The van der Waals surface area contributed by atoms with Gasteiger partial charge in [0, 0.05) is 23.3 Å². The Morgan fingerprint density at radius 2 is 2.11 bits per heavy atom. The highest BCUT2D eigenvalue weighted by Crippen LogP contribution is 2.33. The van der Waals surface area contributed by atoms with Crippen LogP contribution in [0.1, 0.15) is 19.3 Å². The summed E-state index contributed by atoms with van der Waals surface area (Å²) >= 11 is 1.25. The molecule has 0 atom stereocenters. The molecular formula is C20H20FN3O2S. The number of amides is 1. The van der Waals surface area contributed by atoms with E-state index < -0.39 is 0 Å². The molecule has 3 aromatic rings. The zero-order chi connectivity index (χ0) is 18.6. The molecular weight excluding hydrogens is 365 g/mol. The van der Waals surface area contributed by atoms with Crippen LogP contribution in [0, 0.1) is 5.92 Å². The molecule has 1 aliphatic rings. The van der Waals surface area contributed by atoms with Gasteiger partial charge >= 0.3 is 0 Å². The molecule has 1 saturated carbocycles. The van der Waals surface area contributed by atoms with Crippen LogP contribution in [-0.4, -0.2) is 28.3 Å². The zero-order valence-electron chi connectivity index (χ0n) is 14.7. The van der Waals surface area contributed by atoms with Gasteiger partial charge in [0.05, 0.1) is 18.7 Å². The standard InChI is InChI=1S/C20H20FN3O2S/c21-9-1-11-27-26-15-6-4-13(5-7-15)17-12-18(24-20(25)14-2-3-14)23-19-16(17)8-10-22-19/h4-8,10,12,14H,1-3,9,11H2,(H2,22,23,24,25). The first-order chi connectivity index (χ1) is 13.2. The lowest BCUT2D eigenvalue weighted by molar-refractivity contribution is -0.117. The number of aromatic amines is 1. The first kappa shape index (κ1) is 17.9. The van der Waals surface area contributed by atoms with E-state index in [9.17, 15) is 9.18 Å². The van der Waals surface area contributed by atoms with Crippen molar-refractivity contribution in [2.45, 2.75) is 19.3 Å². The summed E-state index contributed by atoms with van der Waals surface area (Å²) in [7, 11) is 0. The van der Waals surface area contributed by atoms with Crippen molar-refractivity contribution in [3.63, 3.8) is 0 Å². The third-order valence-corrected chi connectivity index (χ3v) is 5.18. The predicted octanol–water partition coefficient (Wildman–Crippen LogP) is 4.97. The Morgan fingerprint density at radius 1 is 1.30 bits per heavy atom. The molecule has 2 N–H and O–H groups in total. The number of pyridine rings is 1. The lowest BCUT2D eigenvalue weighted by Gasteiger charge is -2.10. The summed E-state index contributed by atoms with van der Waals surface area (Å²) in [6.45, 7) is -0.330. The fourth-order valence-electron chi connectivity index (χ4n) is 2.83. The van der Waals surface area contributed by atoms with Crippen LogP contribution in [0.4, 0.5) is 10.2 Å². The summed E-state index contributed by atoms with van der Waals surface area (Å²) in [5.74, 6) is 2.06. The number of benzene rings is 1. The number of fused-ring (bicyclic) bond motifs is 1. The summed E-state index contributed by atoms with van der Waals surface area (Å²) in [5.41, 5.74) is 2.73. The highest BCUT2D eigenvalue weighted by molar-refractivity contribution is 7.95. The third kappa shape index (κ3) is 4.24. The summed E-state index contributed by atoms with van der Waals surface area (Å²) < 4.78 is 17.7. The highest BCUT2D eigenvalue weighted by atomic mass is 32.2. The average molecular weight is 385 g/mol. The van der Waals surface area contributed by atoms with Crippen LogP contribution < -0.4 is 9.50 Å². The van der Waals surface area contributed by atoms with Gasteiger partial charge in [0.25, 0.3) is 0 Å². The van der Waals surface area contributed by atoms with Gasteiger partial charge in [-0.2, -0.15) is 0 Å². The highest BCUT2D eigenvalue weighted by Gasteiger charge is 2.30. The number of carbonyl (C=O) groups excluding carboxylic acids is 1. The minimum Gasteiger partial charge on any atom is -0.426 e. The van der Waals surface area contributed by atoms with Gasteiger partial charge in [0.1, 0.15) is 17.2 Å². The van der Waals surface area contributed by atoms with E-state index in [2.05, 4.69) is 15.3 Å². The van der Waals surface area contributed by atoms with E-state index >= 15 is 0 Å². The van der Waals surface area contributed by atoms with Crippen molar-refractivity contribution in [3.8, 4) is 16.9 Å². The maximum Gasteiger partial charge on any atom is 0.228 e. The molecule has 1 aromatic carbocycles. The molecule has 1 aliphatic carbocycles. The number of alkyl halides is 1. The Hall–Kier alpha value is -2.54. The second kappa shape index (κ2) is 8.00. The summed E-state index contributed by atoms with van der Waals surface area (Å²) in [6.07, 6.45) is 4.23. The molecule has 0 radical (unpaired) electrons. The molecule has 140 valence electrons. The molecule has 0 spiro atoms. The monoisotopic (exact) mass is 385 g/mol. The molecule has 0 bridgehead atoms. The van der Waals surface area contributed by atoms with Crippen molar-refractivity contribution in [2.75, 3.05) is 17.7 Å². The quantitative estimate of drug-likeness (QED) is 0.425. The molecule has 1 fully saturated rings. The minimum atomic E-state index is -0.330. The molecule has 7 heteroatoms. The smallest absolute Gasteiger partial charge is 0.228 e. The van der Waals surface area contributed by atoms with Gasteiger partial charge in [0.15, 0.2) is 0 Å². The van der Waals surface area contributed by atoms with Gasteiger partial charge in [-0.15, -0.1) is 0 Å². The van der Waals surface area contributed by atoms with Crippen molar-refractivity contribution < 1.29 is 13.4 Å². The maximum absolute atomic E-state index is 12.1. The fourth-order valence-corrected chi connectivity index (χ4v) is 3.39. The van der Waals surface area contributed by atoms with E-state index in [4.69, 9.17) is 4.18 Å². The van der Waals surface area contributed by atoms with E-state index in [0.717, 1.165) is 40.8 Å². The number of aromatic nitrogens is 2. The van der Waals surface area contributed by atoms with Crippen LogP contribution >= 0.6 is 12.0 Å². The molecule has 27 heavy (non-hydrogen) atoms. The summed E-state index contributed by atoms with van der Waals surface area (Å²) in [4.78, 5) is 19.7. The van der Waals surface area contributed by atoms with Gasteiger partial charge < -0.3 is 14.5 Å². The Kier molecular flexibility index (Phi) is 5.29. The Labute approximate surface area is 160 Å².